The van der Waals surface area contributed by atoms with Gasteiger partial charge in [0.2, 0.25) is 0 Å². The van der Waals surface area contributed by atoms with Gasteiger partial charge in [-0.15, -0.1) is 0 Å². The lowest BCUT2D eigenvalue weighted by molar-refractivity contribution is -0.151. The van der Waals surface area contributed by atoms with E-state index in [2.05, 4.69) is 5.16 Å². The number of carbonyl (C=O) groups excluding carboxylic acids is 2. The van der Waals surface area contributed by atoms with Crippen LogP contribution in [0, 0.1) is 20.8 Å². The zero-order valence-corrected chi connectivity index (χ0v) is 13.9. The SMILES string of the molecule is CON=C1CCC2(C1)OC(=O)C(c1cc(C)c(C)cc1C)C2=O. The maximum Gasteiger partial charge on any atom is 0.322 e. The van der Waals surface area contributed by atoms with E-state index in [1.807, 2.05) is 32.9 Å². The molecular weight excluding hydrogens is 294 g/mol. The fourth-order valence-electron chi connectivity index (χ4n) is 3.59. The van der Waals surface area contributed by atoms with E-state index in [0.29, 0.717) is 19.3 Å². The van der Waals surface area contributed by atoms with Crippen LogP contribution >= 0.6 is 0 Å². The van der Waals surface area contributed by atoms with Gasteiger partial charge >= 0.3 is 5.97 Å². The summed E-state index contributed by atoms with van der Waals surface area (Å²) in [7, 11) is 1.47. The Morgan fingerprint density at radius 3 is 2.57 bits per heavy atom. The van der Waals surface area contributed by atoms with Crippen LogP contribution in [-0.4, -0.2) is 30.2 Å². The van der Waals surface area contributed by atoms with Crippen molar-refractivity contribution in [1.82, 2.24) is 0 Å². The molecule has 2 atom stereocenters. The van der Waals surface area contributed by atoms with Gasteiger partial charge in [-0.25, -0.2) is 0 Å². The van der Waals surface area contributed by atoms with Gasteiger partial charge in [0.1, 0.15) is 13.0 Å². The third-order valence-electron chi connectivity index (χ3n) is 4.96. The second-order valence-electron chi connectivity index (χ2n) is 6.52. The van der Waals surface area contributed by atoms with Crippen LogP contribution < -0.4 is 0 Å². The van der Waals surface area contributed by atoms with Crippen LogP contribution in [0.4, 0.5) is 0 Å². The summed E-state index contributed by atoms with van der Waals surface area (Å²) >= 11 is 0. The first-order valence-electron chi connectivity index (χ1n) is 7.82. The predicted octanol–water partition coefficient (Wildman–Crippen LogP) is 2.75. The zero-order chi connectivity index (χ0) is 16.8. The summed E-state index contributed by atoms with van der Waals surface area (Å²) in [4.78, 5) is 30.2. The summed E-state index contributed by atoms with van der Waals surface area (Å²) in [6.45, 7) is 5.93. The third-order valence-corrected chi connectivity index (χ3v) is 4.96. The molecule has 2 unspecified atom stereocenters. The van der Waals surface area contributed by atoms with Crippen molar-refractivity contribution < 1.29 is 19.2 Å². The highest BCUT2D eigenvalue weighted by Gasteiger charge is 2.58. The molecule has 0 bridgehead atoms. The molecule has 1 spiro atoms. The lowest BCUT2D eigenvalue weighted by Crippen LogP contribution is -2.34. The summed E-state index contributed by atoms with van der Waals surface area (Å²) in [6.07, 6.45) is 1.44. The van der Waals surface area contributed by atoms with Gasteiger partial charge in [0.25, 0.3) is 0 Å². The van der Waals surface area contributed by atoms with E-state index < -0.39 is 17.5 Å². The predicted molar refractivity (Wildman–Crippen MR) is 85.5 cm³/mol. The van der Waals surface area contributed by atoms with Crippen molar-refractivity contribution in [3.63, 3.8) is 0 Å². The van der Waals surface area contributed by atoms with Crippen LogP contribution in [-0.2, 0) is 19.2 Å². The average molecular weight is 315 g/mol. The van der Waals surface area contributed by atoms with Crippen LogP contribution in [0.5, 0.6) is 0 Å². The Kier molecular flexibility index (Phi) is 3.74. The standard InChI is InChI=1S/C18H21NO4/c1-10-7-12(3)14(8-11(10)2)15-16(20)18(23-17(15)21)6-5-13(9-18)19-22-4/h7-8,15H,5-6,9H2,1-4H3. The van der Waals surface area contributed by atoms with E-state index in [1.165, 1.54) is 7.11 Å². The van der Waals surface area contributed by atoms with Crippen LogP contribution in [0.2, 0.25) is 0 Å². The maximum atomic E-state index is 13.0. The van der Waals surface area contributed by atoms with Gasteiger partial charge in [0.15, 0.2) is 11.4 Å². The highest BCUT2D eigenvalue weighted by Crippen LogP contribution is 2.44. The first kappa shape index (κ1) is 15.7. The van der Waals surface area contributed by atoms with Crippen molar-refractivity contribution in [2.45, 2.75) is 51.6 Å². The third kappa shape index (κ3) is 2.44. The van der Waals surface area contributed by atoms with E-state index in [4.69, 9.17) is 9.57 Å². The largest absolute Gasteiger partial charge is 0.450 e. The number of aryl methyl sites for hydroxylation is 3. The van der Waals surface area contributed by atoms with Crippen molar-refractivity contribution in [2.75, 3.05) is 7.11 Å². The molecule has 0 N–H and O–H groups in total. The van der Waals surface area contributed by atoms with Crippen LogP contribution in [0.15, 0.2) is 17.3 Å². The van der Waals surface area contributed by atoms with Crippen LogP contribution in [0.3, 0.4) is 0 Å². The molecule has 5 heteroatoms. The fraction of sp³-hybridized carbons (Fsp3) is 0.500. The monoisotopic (exact) mass is 315 g/mol. The lowest BCUT2D eigenvalue weighted by atomic mass is 9.83. The number of Topliss-reactive ketones (excluding diaryl/α,β-unsaturated/α-hetero) is 1. The molecule has 1 aliphatic carbocycles. The molecular formula is C18H21NO4. The Bertz CT molecular complexity index is 722. The van der Waals surface area contributed by atoms with Gasteiger partial charge in [-0.2, -0.15) is 0 Å². The number of rotatable bonds is 2. The molecule has 1 saturated carbocycles. The topological polar surface area (TPSA) is 65.0 Å². The molecule has 0 amide bonds. The highest BCUT2D eigenvalue weighted by atomic mass is 16.6. The fourth-order valence-corrected chi connectivity index (χ4v) is 3.59. The smallest absolute Gasteiger partial charge is 0.322 e. The van der Waals surface area contributed by atoms with Gasteiger partial charge in [-0.1, -0.05) is 17.3 Å². The Morgan fingerprint density at radius 1 is 1.17 bits per heavy atom. The molecule has 23 heavy (non-hydrogen) atoms. The summed E-state index contributed by atoms with van der Waals surface area (Å²) in [6, 6.07) is 3.95. The lowest BCUT2D eigenvalue weighted by Gasteiger charge is -2.18. The molecule has 2 aliphatic rings. The van der Waals surface area contributed by atoms with Crippen molar-refractivity contribution in [2.24, 2.45) is 5.16 Å². The number of carbonyl (C=O) groups is 2. The number of nitrogens with zero attached hydrogens (tertiary/aromatic N) is 1. The summed E-state index contributed by atoms with van der Waals surface area (Å²) in [5, 5.41) is 3.92. The Labute approximate surface area is 135 Å². The van der Waals surface area contributed by atoms with Gasteiger partial charge in [-0.05, 0) is 49.4 Å². The molecule has 3 rings (SSSR count). The van der Waals surface area contributed by atoms with Crippen molar-refractivity contribution >= 4 is 17.5 Å². The van der Waals surface area contributed by atoms with Gasteiger partial charge in [-0.3, -0.25) is 9.59 Å². The normalized spacial score (nSPS) is 28.7. The summed E-state index contributed by atoms with van der Waals surface area (Å²) < 4.78 is 5.57. The second-order valence-corrected chi connectivity index (χ2v) is 6.52. The number of oxime groups is 1. The number of hydrogen-bond donors (Lipinski definition) is 0. The minimum Gasteiger partial charge on any atom is -0.450 e. The van der Waals surface area contributed by atoms with Crippen molar-refractivity contribution in [3.8, 4) is 0 Å². The molecule has 0 aromatic heterocycles. The minimum atomic E-state index is -1.05. The number of hydrogen-bond acceptors (Lipinski definition) is 5. The average Bonchev–Trinajstić information content (AvgIpc) is 2.98. The first-order valence-corrected chi connectivity index (χ1v) is 7.82. The van der Waals surface area contributed by atoms with Crippen molar-refractivity contribution in [1.29, 1.82) is 0 Å². The van der Waals surface area contributed by atoms with Crippen LogP contribution in [0.1, 0.15) is 47.4 Å². The van der Waals surface area contributed by atoms with E-state index in [0.717, 1.165) is 28.0 Å². The van der Waals surface area contributed by atoms with E-state index in [-0.39, 0.29) is 5.78 Å². The quantitative estimate of drug-likeness (QED) is 0.478. The highest BCUT2D eigenvalue weighted by molar-refractivity contribution is 6.16. The van der Waals surface area contributed by atoms with E-state index in [1.54, 1.807) is 0 Å². The van der Waals surface area contributed by atoms with E-state index >= 15 is 0 Å². The molecule has 122 valence electrons. The molecule has 5 nitrogen and oxygen atoms in total. The Balaban J connectivity index is 1.97. The van der Waals surface area contributed by atoms with Gasteiger partial charge < -0.3 is 9.57 Å². The number of ketones is 1. The molecule has 1 saturated heterocycles. The molecule has 1 heterocycles. The van der Waals surface area contributed by atoms with Gasteiger partial charge in [0.05, 0.1) is 5.71 Å². The van der Waals surface area contributed by atoms with Gasteiger partial charge in [0, 0.05) is 12.8 Å². The first-order chi connectivity index (χ1) is 10.9. The molecule has 1 aromatic rings. The zero-order valence-electron chi connectivity index (χ0n) is 13.9. The molecule has 1 aliphatic heterocycles. The Hall–Kier alpha value is -2.17. The van der Waals surface area contributed by atoms with Crippen molar-refractivity contribution in [3.05, 3.63) is 34.4 Å². The Morgan fingerprint density at radius 2 is 1.87 bits per heavy atom. The number of esters is 1. The summed E-state index contributed by atoms with van der Waals surface area (Å²) in [5.41, 5.74) is 3.65. The van der Waals surface area contributed by atoms with Crippen LogP contribution in [0.25, 0.3) is 0 Å². The number of benzene rings is 1. The second kappa shape index (κ2) is 5.48. The van der Waals surface area contributed by atoms with E-state index in [9.17, 15) is 9.59 Å². The minimum absolute atomic E-state index is 0.143. The molecule has 0 radical (unpaired) electrons. The molecule has 2 fully saturated rings. The molecule has 1 aromatic carbocycles. The maximum absolute atomic E-state index is 13.0. The number of ether oxygens (including phenoxy) is 1. The summed E-state index contributed by atoms with van der Waals surface area (Å²) in [5.74, 6) is -1.41.